The molecule has 0 aromatic carbocycles. The monoisotopic (exact) mass is 308 g/mol. The van der Waals surface area contributed by atoms with Crippen LogP contribution in [0, 0.1) is 6.92 Å². The zero-order chi connectivity index (χ0) is 16.0. The Kier molecular flexibility index (Phi) is 6.07. The zero-order valence-electron chi connectivity index (χ0n) is 12.2. The van der Waals surface area contributed by atoms with Crippen molar-refractivity contribution in [3.05, 3.63) is 23.7 Å². The number of halogens is 3. The first-order valence-corrected chi connectivity index (χ1v) is 6.36. The molecular weight excluding hydrogens is 289 g/mol. The van der Waals surface area contributed by atoms with Crippen molar-refractivity contribution >= 4 is 6.09 Å². The van der Waals surface area contributed by atoms with Crippen molar-refractivity contribution in [2.24, 2.45) is 0 Å². The highest BCUT2D eigenvalue weighted by molar-refractivity contribution is 5.67. The van der Waals surface area contributed by atoms with Crippen LogP contribution in [0.5, 0.6) is 0 Å². The van der Waals surface area contributed by atoms with Crippen molar-refractivity contribution < 1.29 is 27.1 Å². The molecule has 120 valence electrons. The van der Waals surface area contributed by atoms with Crippen LogP contribution in [0.4, 0.5) is 18.0 Å². The van der Waals surface area contributed by atoms with Crippen LogP contribution >= 0.6 is 0 Å². The van der Waals surface area contributed by atoms with Crippen molar-refractivity contribution in [1.82, 2.24) is 9.80 Å². The van der Waals surface area contributed by atoms with Gasteiger partial charge in [0.2, 0.25) is 0 Å². The SMILES string of the molecule is Cc1ccc(CN(CCN(C)C)C(=O)OCC(F)(F)F)o1. The van der Waals surface area contributed by atoms with Gasteiger partial charge in [0, 0.05) is 13.1 Å². The van der Waals surface area contributed by atoms with Crippen molar-refractivity contribution in [3.63, 3.8) is 0 Å². The molecule has 0 radical (unpaired) electrons. The van der Waals surface area contributed by atoms with Crippen molar-refractivity contribution in [1.29, 1.82) is 0 Å². The quantitative estimate of drug-likeness (QED) is 0.810. The molecule has 1 aromatic heterocycles. The highest BCUT2D eigenvalue weighted by Crippen LogP contribution is 2.16. The number of hydrogen-bond acceptors (Lipinski definition) is 4. The van der Waals surface area contributed by atoms with E-state index in [9.17, 15) is 18.0 Å². The lowest BCUT2D eigenvalue weighted by Gasteiger charge is -2.23. The Labute approximate surface area is 121 Å². The fraction of sp³-hybridized carbons (Fsp3) is 0.615. The van der Waals surface area contributed by atoms with E-state index in [0.717, 1.165) is 0 Å². The Balaban J connectivity index is 2.64. The highest BCUT2D eigenvalue weighted by Gasteiger charge is 2.31. The van der Waals surface area contributed by atoms with Crippen LogP contribution in [0.2, 0.25) is 0 Å². The third kappa shape index (κ3) is 7.03. The fourth-order valence-electron chi connectivity index (χ4n) is 1.55. The predicted octanol–water partition coefficient (Wildman–Crippen LogP) is 2.65. The lowest BCUT2D eigenvalue weighted by atomic mass is 10.4. The molecule has 0 N–H and O–H groups in total. The molecule has 0 saturated heterocycles. The predicted molar refractivity (Wildman–Crippen MR) is 69.8 cm³/mol. The molecule has 8 heteroatoms. The lowest BCUT2D eigenvalue weighted by Crippen LogP contribution is -2.38. The number of rotatable bonds is 6. The molecule has 0 spiro atoms. The van der Waals surface area contributed by atoms with Gasteiger partial charge in [-0.3, -0.25) is 4.90 Å². The Morgan fingerprint density at radius 1 is 1.29 bits per heavy atom. The van der Waals surface area contributed by atoms with E-state index in [1.807, 2.05) is 4.90 Å². The molecule has 5 nitrogen and oxygen atoms in total. The number of nitrogens with zero attached hydrogens (tertiary/aromatic N) is 2. The Bertz CT molecular complexity index is 458. The van der Waals surface area contributed by atoms with E-state index < -0.39 is 18.9 Å². The summed E-state index contributed by atoms with van der Waals surface area (Å²) in [6.07, 6.45) is -5.55. The summed E-state index contributed by atoms with van der Waals surface area (Å²) in [6.45, 7) is 0.958. The van der Waals surface area contributed by atoms with Gasteiger partial charge >= 0.3 is 12.3 Å². The summed E-state index contributed by atoms with van der Waals surface area (Å²) in [5, 5.41) is 0. The number of likely N-dealkylation sites (N-methyl/N-ethyl adjacent to an activating group) is 1. The standard InChI is InChI=1S/C13H19F3N2O3/c1-10-4-5-11(21-10)8-18(7-6-17(2)3)12(19)20-9-13(14,15)16/h4-5H,6-9H2,1-3H3. The summed E-state index contributed by atoms with van der Waals surface area (Å²) in [7, 11) is 3.60. The van der Waals surface area contributed by atoms with Crippen molar-refractivity contribution in [3.8, 4) is 0 Å². The molecule has 0 unspecified atom stereocenters. The van der Waals surface area contributed by atoms with Crippen LogP contribution in [0.15, 0.2) is 16.5 Å². The molecule has 0 aliphatic carbocycles. The van der Waals surface area contributed by atoms with E-state index in [1.165, 1.54) is 4.90 Å². The molecule has 1 rings (SSSR count). The second kappa shape index (κ2) is 7.35. The number of furan rings is 1. The number of amides is 1. The first-order chi connectivity index (χ1) is 9.67. The van der Waals surface area contributed by atoms with Gasteiger partial charge < -0.3 is 14.1 Å². The number of ether oxygens (including phenoxy) is 1. The van der Waals surface area contributed by atoms with Gasteiger partial charge in [-0.05, 0) is 33.2 Å². The molecule has 0 aliphatic rings. The van der Waals surface area contributed by atoms with Gasteiger partial charge in [0.25, 0.3) is 0 Å². The summed E-state index contributed by atoms with van der Waals surface area (Å²) in [6, 6.07) is 3.40. The van der Waals surface area contributed by atoms with Gasteiger partial charge in [-0.2, -0.15) is 13.2 Å². The number of hydrogen-bond donors (Lipinski definition) is 0. The van der Waals surface area contributed by atoms with Crippen molar-refractivity contribution in [2.75, 3.05) is 33.8 Å². The third-order valence-corrected chi connectivity index (χ3v) is 2.58. The molecule has 0 atom stereocenters. The number of carbonyl (C=O) groups is 1. The fourth-order valence-corrected chi connectivity index (χ4v) is 1.55. The second-order valence-electron chi connectivity index (χ2n) is 4.91. The maximum atomic E-state index is 12.1. The maximum absolute atomic E-state index is 12.1. The molecule has 0 fully saturated rings. The Morgan fingerprint density at radius 2 is 1.95 bits per heavy atom. The smallest absolute Gasteiger partial charge is 0.422 e. The topological polar surface area (TPSA) is 45.9 Å². The number of aryl methyl sites for hydroxylation is 1. The molecule has 1 aromatic rings. The van der Waals surface area contributed by atoms with Crippen LogP contribution in [-0.4, -0.2) is 55.9 Å². The van der Waals surface area contributed by atoms with E-state index in [-0.39, 0.29) is 13.1 Å². The van der Waals surface area contributed by atoms with E-state index in [0.29, 0.717) is 18.1 Å². The van der Waals surface area contributed by atoms with Gasteiger partial charge in [-0.25, -0.2) is 4.79 Å². The summed E-state index contributed by atoms with van der Waals surface area (Å²) < 4.78 is 45.9. The summed E-state index contributed by atoms with van der Waals surface area (Å²) in [5.41, 5.74) is 0. The molecule has 21 heavy (non-hydrogen) atoms. The van der Waals surface area contributed by atoms with Crippen molar-refractivity contribution in [2.45, 2.75) is 19.6 Å². The molecule has 0 bridgehead atoms. The largest absolute Gasteiger partial charge is 0.464 e. The minimum atomic E-state index is -4.54. The van der Waals surface area contributed by atoms with E-state index in [2.05, 4.69) is 4.74 Å². The van der Waals surface area contributed by atoms with Crippen LogP contribution in [0.25, 0.3) is 0 Å². The Hall–Kier alpha value is -1.70. The summed E-state index contributed by atoms with van der Waals surface area (Å²) in [4.78, 5) is 14.8. The molecule has 1 amide bonds. The molecule has 1 heterocycles. The highest BCUT2D eigenvalue weighted by atomic mass is 19.4. The number of alkyl halides is 3. The van der Waals surface area contributed by atoms with Gasteiger partial charge in [0.15, 0.2) is 6.61 Å². The van der Waals surface area contributed by atoms with Crippen LogP contribution < -0.4 is 0 Å². The van der Waals surface area contributed by atoms with Crippen LogP contribution in [0.3, 0.4) is 0 Å². The molecule has 0 aliphatic heterocycles. The average Bonchev–Trinajstić information content (AvgIpc) is 2.76. The van der Waals surface area contributed by atoms with E-state index >= 15 is 0 Å². The maximum Gasteiger partial charge on any atom is 0.422 e. The van der Waals surface area contributed by atoms with Crippen LogP contribution in [0.1, 0.15) is 11.5 Å². The lowest BCUT2D eigenvalue weighted by molar-refractivity contribution is -0.162. The van der Waals surface area contributed by atoms with Gasteiger partial charge in [0.1, 0.15) is 11.5 Å². The van der Waals surface area contributed by atoms with Gasteiger partial charge in [-0.15, -0.1) is 0 Å². The zero-order valence-corrected chi connectivity index (χ0v) is 12.2. The van der Waals surface area contributed by atoms with E-state index in [1.54, 1.807) is 33.2 Å². The summed E-state index contributed by atoms with van der Waals surface area (Å²) in [5.74, 6) is 1.16. The van der Waals surface area contributed by atoms with Gasteiger partial charge in [-0.1, -0.05) is 0 Å². The van der Waals surface area contributed by atoms with Crippen LogP contribution in [-0.2, 0) is 11.3 Å². The number of carbonyl (C=O) groups excluding carboxylic acids is 1. The van der Waals surface area contributed by atoms with Gasteiger partial charge in [0.05, 0.1) is 6.54 Å². The first-order valence-electron chi connectivity index (χ1n) is 6.36. The normalized spacial score (nSPS) is 11.8. The minimum Gasteiger partial charge on any atom is -0.464 e. The minimum absolute atomic E-state index is 0.0678. The average molecular weight is 308 g/mol. The van der Waals surface area contributed by atoms with E-state index in [4.69, 9.17) is 4.42 Å². The molecule has 0 saturated carbocycles. The molecular formula is C13H19F3N2O3. The Morgan fingerprint density at radius 3 is 2.43 bits per heavy atom. The second-order valence-corrected chi connectivity index (χ2v) is 4.91. The summed E-state index contributed by atoms with van der Waals surface area (Å²) >= 11 is 0. The third-order valence-electron chi connectivity index (χ3n) is 2.58. The first kappa shape index (κ1) is 17.4.